The van der Waals surface area contributed by atoms with Crippen LogP contribution in [0, 0.1) is 0 Å². The van der Waals surface area contributed by atoms with Gasteiger partial charge in [-0.25, -0.2) is 0 Å². The predicted octanol–water partition coefficient (Wildman–Crippen LogP) is 5.34. The maximum Gasteiger partial charge on any atom is 0.160 e. The number of halogens is 2. The molecule has 2 nitrogen and oxygen atoms in total. The highest BCUT2D eigenvalue weighted by Gasteiger charge is 2.11. The van der Waals surface area contributed by atoms with Gasteiger partial charge in [-0.15, -0.1) is 0 Å². The summed E-state index contributed by atoms with van der Waals surface area (Å²) in [6.07, 6.45) is 1.77. The highest BCUT2D eigenvalue weighted by Crippen LogP contribution is 2.37. The molecule has 0 unspecified atom stereocenters. The average Bonchev–Trinajstić information content (AvgIpc) is 2.48. The lowest BCUT2D eigenvalue weighted by Gasteiger charge is -2.12. The second kappa shape index (κ2) is 5.94. The summed E-state index contributed by atoms with van der Waals surface area (Å²) in [5.74, 6) is 0.771. The summed E-state index contributed by atoms with van der Waals surface area (Å²) in [4.78, 5) is 4.43. The molecule has 0 fully saturated rings. The number of nitrogens with zero attached hydrogens (tertiary/aromatic N) is 1. The fourth-order valence-electron chi connectivity index (χ4n) is 2.01. The van der Waals surface area contributed by atoms with Crippen molar-refractivity contribution in [2.24, 2.45) is 0 Å². The van der Waals surface area contributed by atoms with Crippen molar-refractivity contribution >= 4 is 42.8 Å². The quantitative estimate of drug-likeness (QED) is 0.600. The van der Waals surface area contributed by atoms with Gasteiger partial charge in [-0.05, 0) is 33.6 Å². The molecule has 2 aromatic carbocycles. The standard InChI is InChI=1S/C16H11Br2NO/c17-13-9-14(18)16(15-12(13)7-4-8-19-15)20-10-11-5-2-1-3-6-11/h1-9H,10H2. The van der Waals surface area contributed by atoms with Crippen molar-refractivity contribution in [3.8, 4) is 5.75 Å². The van der Waals surface area contributed by atoms with Crippen molar-refractivity contribution in [1.82, 2.24) is 4.98 Å². The summed E-state index contributed by atoms with van der Waals surface area (Å²) in [5, 5.41) is 1.04. The van der Waals surface area contributed by atoms with E-state index in [9.17, 15) is 0 Å². The first-order valence-electron chi connectivity index (χ1n) is 6.15. The van der Waals surface area contributed by atoms with E-state index < -0.39 is 0 Å². The molecule has 0 N–H and O–H groups in total. The molecule has 100 valence electrons. The molecule has 0 amide bonds. The molecule has 0 bridgehead atoms. The Morgan fingerprint density at radius 3 is 2.55 bits per heavy atom. The molecule has 0 spiro atoms. The van der Waals surface area contributed by atoms with E-state index >= 15 is 0 Å². The predicted molar refractivity (Wildman–Crippen MR) is 87.9 cm³/mol. The molecule has 1 heterocycles. The van der Waals surface area contributed by atoms with Crippen LogP contribution in [-0.4, -0.2) is 4.98 Å². The normalized spacial score (nSPS) is 10.7. The Balaban J connectivity index is 1.99. The summed E-state index contributed by atoms with van der Waals surface area (Å²) < 4.78 is 7.86. The lowest BCUT2D eigenvalue weighted by Crippen LogP contribution is -1.97. The number of pyridine rings is 1. The number of ether oxygens (including phenoxy) is 1. The lowest BCUT2D eigenvalue weighted by molar-refractivity contribution is 0.307. The van der Waals surface area contributed by atoms with Gasteiger partial charge in [0.25, 0.3) is 0 Å². The van der Waals surface area contributed by atoms with Crippen LogP contribution in [0.1, 0.15) is 5.56 Å². The van der Waals surface area contributed by atoms with E-state index in [0.717, 1.165) is 31.2 Å². The van der Waals surface area contributed by atoms with Crippen LogP contribution in [0.3, 0.4) is 0 Å². The van der Waals surface area contributed by atoms with Crippen molar-refractivity contribution in [3.05, 3.63) is 69.2 Å². The fraction of sp³-hybridized carbons (Fsp3) is 0.0625. The molecule has 1 aromatic heterocycles. The van der Waals surface area contributed by atoms with E-state index in [1.165, 1.54) is 0 Å². The smallest absolute Gasteiger partial charge is 0.160 e. The summed E-state index contributed by atoms with van der Waals surface area (Å²) in [6, 6.07) is 16.0. The van der Waals surface area contributed by atoms with Crippen LogP contribution >= 0.6 is 31.9 Å². The molecule has 0 aliphatic rings. The third-order valence-corrected chi connectivity index (χ3v) is 4.22. The van der Waals surface area contributed by atoms with E-state index in [0.29, 0.717) is 6.61 Å². The van der Waals surface area contributed by atoms with Crippen LogP contribution in [0.4, 0.5) is 0 Å². The van der Waals surface area contributed by atoms with Crippen LogP contribution in [0.25, 0.3) is 10.9 Å². The van der Waals surface area contributed by atoms with Gasteiger partial charge in [0.05, 0.1) is 4.47 Å². The largest absolute Gasteiger partial charge is 0.485 e. The summed E-state index contributed by atoms with van der Waals surface area (Å²) in [5.41, 5.74) is 1.98. The first-order chi connectivity index (χ1) is 9.75. The minimum atomic E-state index is 0.521. The molecular weight excluding hydrogens is 382 g/mol. The highest BCUT2D eigenvalue weighted by molar-refractivity contribution is 9.11. The lowest BCUT2D eigenvalue weighted by atomic mass is 10.2. The SMILES string of the molecule is Brc1cc(Br)c2cccnc2c1OCc1ccccc1. The van der Waals surface area contributed by atoms with Gasteiger partial charge in [0.1, 0.15) is 12.1 Å². The Bertz CT molecular complexity index is 744. The molecule has 0 saturated carbocycles. The minimum absolute atomic E-state index is 0.521. The second-order valence-electron chi connectivity index (χ2n) is 4.34. The third-order valence-electron chi connectivity index (χ3n) is 2.98. The summed E-state index contributed by atoms with van der Waals surface area (Å²) in [7, 11) is 0. The molecule has 3 rings (SSSR count). The van der Waals surface area contributed by atoms with Gasteiger partial charge in [-0.1, -0.05) is 52.3 Å². The zero-order valence-electron chi connectivity index (χ0n) is 10.5. The van der Waals surface area contributed by atoms with Crippen LogP contribution in [0.5, 0.6) is 5.75 Å². The number of fused-ring (bicyclic) bond motifs is 1. The second-order valence-corrected chi connectivity index (χ2v) is 6.05. The molecule has 0 atom stereocenters. The first-order valence-corrected chi connectivity index (χ1v) is 7.74. The number of rotatable bonds is 3. The van der Waals surface area contributed by atoms with Gasteiger partial charge >= 0.3 is 0 Å². The molecule has 20 heavy (non-hydrogen) atoms. The van der Waals surface area contributed by atoms with Crippen molar-refractivity contribution < 1.29 is 4.74 Å². The zero-order chi connectivity index (χ0) is 13.9. The molecule has 0 aliphatic carbocycles. The average molecular weight is 393 g/mol. The molecule has 3 aromatic rings. The van der Waals surface area contributed by atoms with E-state index in [2.05, 4.69) is 36.8 Å². The van der Waals surface area contributed by atoms with Gasteiger partial charge in [0.2, 0.25) is 0 Å². The van der Waals surface area contributed by atoms with Crippen molar-refractivity contribution in [2.75, 3.05) is 0 Å². The topological polar surface area (TPSA) is 22.1 Å². The Morgan fingerprint density at radius 2 is 1.75 bits per heavy atom. The molecule has 0 radical (unpaired) electrons. The van der Waals surface area contributed by atoms with Crippen molar-refractivity contribution in [1.29, 1.82) is 0 Å². The van der Waals surface area contributed by atoms with E-state index in [-0.39, 0.29) is 0 Å². The highest BCUT2D eigenvalue weighted by atomic mass is 79.9. The number of hydrogen-bond donors (Lipinski definition) is 0. The Labute approximate surface area is 134 Å². The van der Waals surface area contributed by atoms with Crippen molar-refractivity contribution in [2.45, 2.75) is 6.61 Å². The van der Waals surface area contributed by atoms with Gasteiger partial charge in [0.15, 0.2) is 5.75 Å². The summed E-state index contributed by atoms with van der Waals surface area (Å²) >= 11 is 7.10. The van der Waals surface area contributed by atoms with Crippen LogP contribution < -0.4 is 4.74 Å². The molecule has 4 heteroatoms. The van der Waals surface area contributed by atoms with E-state index in [1.54, 1.807) is 6.20 Å². The number of aromatic nitrogens is 1. The number of benzene rings is 2. The van der Waals surface area contributed by atoms with Gasteiger partial charge < -0.3 is 4.74 Å². The maximum absolute atomic E-state index is 5.96. The summed E-state index contributed by atoms with van der Waals surface area (Å²) in [6.45, 7) is 0.521. The molecule has 0 saturated heterocycles. The Kier molecular flexibility index (Phi) is 4.03. The van der Waals surface area contributed by atoms with Gasteiger partial charge in [-0.2, -0.15) is 0 Å². The van der Waals surface area contributed by atoms with E-state index in [1.807, 2.05) is 48.5 Å². The van der Waals surface area contributed by atoms with Crippen LogP contribution in [0.2, 0.25) is 0 Å². The van der Waals surface area contributed by atoms with Gasteiger partial charge in [0, 0.05) is 16.1 Å². The van der Waals surface area contributed by atoms with E-state index in [4.69, 9.17) is 4.74 Å². The Morgan fingerprint density at radius 1 is 0.950 bits per heavy atom. The monoisotopic (exact) mass is 391 g/mol. The van der Waals surface area contributed by atoms with Crippen LogP contribution in [0.15, 0.2) is 63.7 Å². The third kappa shape index (κ3) is 2.72. The van der Waals surface area contributed by atoms with Crippen molar-refractivity contribution in [3.63, 3.8) is 0 Å². The van der Waals surface area contributed by atoms with Gasteiger partial charge in [-0.3, -0.25) is 4.98 Å². The van der Waals surface area contributed by atoms with Crippen LogP contribution in [-0.2, 0) is 6.61 Å². The number of hydrogen-bond acceptors (Lipinski definition) is 2. The zero-order valence-corrected chi connectivity index (χ0v) is 13.7. The maximum atomic E-state index is 5.96. The minimum Gasteiger partial charge on any atom is -0.485 e. The fourth-order valence-corrected chi connectivity index (χ4v) is 3.40. The molecule has 0 aliphatic heterocycles. The molecular formula is C16H11Br2NO. The Hall–Kier alpha value is -1.39. The first kappa shape index (κ1) is 13.6.